The first-order chi connectivity index (χ1) is 8.53. The SMILES string of the molecule is CCC1(CC)C(N)CC1Oc1ccc(Br)cc1Cl. The molecule has 0 bridgehead atoms. The van der Waals surface area contributed by atoms with Crippen LogP contribution in [0.4, 0.5) is 0 Å². The lowest BCUT2D eigenvalue weighted by Gasteiger charge is -2.53. The predicted molar refractivity (Wildman–Crippen MR) is 79.2 cm³/mol. The van der Waals surface area contributed by atoms with Crippen molar-refractivity contribution in [3.63, 3.8) is 0 Å². The van der Waals surface area contributed by atoms with Gasteiger partial charge in [-0.15, -0.1) is 0 Å². The van der Waals surface area contributed by atoms with E-state index in [2.05, 4.69) is 29.8 Å². The van der Waals surface area contributed by atoms with E-state index < -0.39 is 0 Å². The Kier molecular flexibility index (Phi) is 4.25. The lowest BCUT2D eigenvalue weighted by atomic mass is 9.59. The van der Waals surface area contributed by atoms with Gasteiger partial charge in [-0.1, -0.05) is 41.4 Å². The molecule has 2 nitrogen and oxygen atoms in total. The molecule has 2 atom stereocenters. The summed E-state index contributed by atoms with van der Waals surface area (Å²) in [4.78, 5) is 0. The summed E-state index contributed by atoms with van der Waals surface area (Å²) < 4.78 is 7.03. The lowest BCUT2D eigenvalue weighted by molar-refractivity contribution is -0.0722. The number of hydrogen-bond donors (Lipinski definition) is 1. The fourth-order valence-corrected chi connectivity index (χ4v) is 3.62. The van der Waals surface area contributed by atoms with Crippen molar-refractivity contribution in [2.45, 2.75) is 45.3 Å². The van der Waals surface area contributed by atoms with E-state index in [9.17, 15) is 0 Å². The van der Waals surface area contributed by atoms with Crippen molar-refractivity contribution in [3.05, 3.63) is 27.7 Å². The maximum Gasteiger partial charge on any atom is 0.138 e. The Morgan fingerprint density at radius 1 is 1.44 bits per heavy atom. The van der Waals surface area contributed by atoms with Gasteiger partial charge in [0.05, 0.1) is 5.02 Å². The smallest absolute Gasteiger partial charge is 0.138 e. The molecule has 0 spiro atoms. The highest BCUT2D eigenvalue weighted by Gasteiger charge is 2.52. The molecule has 2 rings (SSSR count). The van der Waals surface area contributed by atoms with Crippen LogP contribution in [0.15, 0.2) is 22.7 Å². The van der Waals surface area contributed by atoms with Crippen LogP contribution in [-0.4, -0.2) is 12.1 Å². The minimum absolute atomic E-state index is 0.108. The average molecular weight is 333 g/mol. The molecular formula is C14H19BrClNO. The molecule has 0 heterocycles. The predicted octanol–water partition coefficient (Wildman–Crippen LogP) is 4.39. The number of rotatable bonds is 4. The van der Waals surface area contributed by atoms with Crippen LogP contribution in [0.5, 0.6) is 5.75 Å². The maximum absolute atomic E-state index is 6.18. The molecule has 0 saturated heterocycles. The highest BCUT2D eigenvalue weighted by atomic mass is 79.9. The number of benzene rings is 1. The molecule has 18 heavy (non-hydrogen) atoms. The Balaban J connectivity index is 2.15. The summed E-state index contributed by atoms with van der Waals surface area (Å²) in [7, 11) is 0. The van der Waals surface area contributed by atoms with Gasteiger partial charge in [-0.25, -0.2) is 0 Å². The second kappa shape index (κ2) is 5.40. The Morgan fingerprint density at radius 3 is 2.61 bits per heavy atom. The van der Waals surface area contributed by atoms with Crippen molar-refractivity contribution in [2.24, 2.45) is 11.1 Å². The van der Waals surface area contributed by atoms with Crippen molar-refractivity contribution in [2.75, 3.05) is 0 Å². The fourth-order valence-electron chi connectivity index (χ4n) is 2.90. The second-order valence-corrected chi connectivity index (χ2v) is 6.29. The zero-order valence-corrected chi connectivity index (χ0v) is 13.1. The van der Waals surface area contributed by atoms with Gasteiger partial charge in [-0.3, -0.25) is 0 Å². The van der Waals surface area contributed by atoms with E-state index in [-0.39, 0.29) is 17.6 Å². The normalized spacial score (nSPS) is 25.6. The van der Waals surface area contributed by atoms with Crippen LogP contribution in [0.1, 0.15) is 33.1 Å². The molecule has 1 saturated carbocycles. The van der Waals surface area contributed by atoms with Crippen molar-refractivity contribution < 1.29 is 4.74 Å². The van der Waals surface area contributed by atoms with E-state index >= 15 is 0 Å². The van der Waals surface area contributed by atoms with Gasteiger partial charge in [0.2, 0.25) is 0 Å². The van der Waals surface area contributed by atoms with Gasteiger partial charge in [0.1, 0.15) is 11.9 Å². The zero-order valence-electron chi connectivity index (χ0n) is 10.7. The minimum atomic E-state index is 0.108. The van der Waals surface area contributed by atoms with E-state index in [0.29, 0.717) is 5.02 Å². The van der Waals surface area contributed by atoms with E-state index in [1.54, 1.807) is 0 Å². The first-order valence-corrected chi connectivity index (χ1v) is 7.58. The zero-order chi connectivity index (χ0) is 13.3. The molecule has 0 amide bonds. The molecule has 1 fully saturated rings. The molecule has 1 aromatic carbocycles. The van der Waals surface area contributed by atoms with Crippen molar-refractivity contribution in [1.29, 1.82) is 0 Å². The largest absolute Gasteiger partial charge is 0.488 e. The molecule has 0 aromatic heterocycles. The third kappa shape index (κ3) is 2.28. The Hall–Kier alpha value is -0.250. The van der Waals surface area contributed by atoms with Gasteiger partial charge >= 0.3 is 0 Å². The average Bonchev–Trinajstić information content (AvgIpc) is 2.33. The van der Waals surface area contributed by atoms with Crippen LogP contribution in [0.25, 0.3) is 0 Å². The summed E-state index contributed by atoms with van der Waals surface area (Å²) in [6.07, 6.45) is 3.18. The summed E-state index contributed by atoms with van der Waals surface area (Å²) in [6.45, 7) is 4.37. The maximum atomic E-state index is 6.18. The molecule has 4 heteroatoms. The number of hydrogen-bond acceptors (Lipinski definition) is 2. The van der Waals surface area contributed by atoms with Crippen molar-refractivity contribution in [1.82, 2.24) is 0 Å². The molecule has 0 radical (unpaired) electrons. The minimum Gasteiger partial charge on any atom is -0.488 e. The molecule has 1 aliphatic carbocycles. The quantitative estimate of drug-likeness (QED) is 0.887. The van der Waals surface area contributed by atoms with E-state index in [0.717, 1.165) is 29.5 Å². The van der Waals surface area contributed by atoms with Crippen LogP contribution in [0.2, 0.25) is 5.02 Å². The highest BCUT2D eigenvalue weighted by Crippen LogP contribution is 2.48. The van der Waals surface area contributed by atoms with Crippen molar-refractivity contribution in [3.8, 4) is 5.75 Å². The molecule has 2 unspecified atom stereocenters. The Bertz CT molecular complexity index is 434. The van der Waals surface area contributed by atoms with E-state index in [1.807, 2.05) is 18.2 Å². The molecule has 1 aliphatic rings. The fraction of sp³-hybridized carbons (Fsp3) is 0.571. The molecule has 2 N–H and O–H groups in total. The summed E-state index contributed by atoms with van der Waals surface area (Å²) in [5.41, 5.74) is 6.27. The molecule has 1 aromatic rings. The molecular weight excluding hydrogens is 314 g/mol. The van der Waals surface area contributed by atoms with Crippen LogP contribution in [0, 0.1) is 5.41 Å². The number of halogens is 2. The monoisotopic (exact) mass is 331 g/mol. The summed E-state index contributed by atoms with van der Waals surface area (Å²) >= 11 is 9.58. The van der Waals surface area contributed by atoms with Gasteiger partial charge in [0.15, 0.2) is 0 Å². The number of nitrogens with two attached hydrogens (primary N) is 1. The van der Waals surface area contributed by atoms with Gasteiger partial charge in [0.25, 0.3) is 0 Å². The summed E-state index contributed by atoms with van der Waals surface area (Å²) in [5.74, 6) is 0.753. The van der Waals surface area contributed by atoms with Gasteiger partial charge < -0.3 is 10.5 Å². The first-order valence-electron chi connectivity index (χ1n) is 6.40. The van der Waals surface area contributed by atoms with Gasteiger partial charge in [-0.2, -0.15) is 0 Å². The second-order valence-electron chi connectivity index (χ2n) is 4.96. The Morgan fingerprint density at radius 2 is 2.11 bits per heavy atom. The van der Waals surface area contributed by atoms with Crippen LogP contribution in [-0.2, 0) is 0 Å². The highest BCUT2D eigenvalue weighted by molar-refractivity contribution is 9.10. The van der Waals surface area contributed by atoms with E-state index in [4.69, 9.17) is 22.1 Å². The van der Waals surface area contributed by atoms with E-state index in [1.165, 1.54) is 0 Å². The molecule has 0 aliphatic heterocycles. The molecule has 100 valence electrons. The van der Waals surface area contributed by atoms with Crippen LogP contribution >= 0.6 is 27.5 Å². The number of ether oxygens (including phenoxy) is 1. The summed E-state index contributed by atoms with van der Waals surface area (Å²) in [5, 5.41) is 0.644. The van der Waals surface area contributed by atoms with Gasteiger partial charge in [0, 0.05) is 22.4 Å². The van der Waals surface area contributed by atoms with Gasteiger partial charge in [-0.05, 0) is 31.0 Å². The van der Waals surface area contributed by atoms with Crippen LogP contribution in [0.3, 0.4) is 0 Å². The topological polar surface area (TPSA) is 35.2 Å². The van der Waals surface area contributed by atoms with Crippen LogP contribution < -0.4 is 10.5 Å². The third-order valence-electron chi connectivity index (χ3n) is 4.33. The van der Waals surface area contributed by atoms with Crippen molar-refractivity contribution >= 4 is 27.5 Å². The lowest BCUT2D eigenvalue weighted by Crippen LogP contribution is -2.62. The first kappa shape index (κ1) is 14.2. The summed E-state index contributed by atoms with van der Waals surface area (Å²) in [6, 6.07) is 5.95. The standard InChI is InChI=1S/C14H19BrClNO/c1-3-14(4-2)12(17)8-13(14)18-11-6-5-9(15)7-10(11)16/h5-7,12-13H,3-4,8,17H2,1-2H3. The third-order valence-corrected chi connectivity index (χ3v) is 5.12. The Labute approximate surface area is 122 Å².